The summed E-state index contributed by atoms with van der Waals surface area (Å²) >= 11 is 4.75. The quantitative estimate of drug-likeness (QED) is 0.486. The van der Waals surface area contributed by atoms with Gasteiger partial charge in [-0.05, 0) is 34.1 Å². The molecule has 158 valence electrons. The van der Waals surface area contributed by atoms with Gasteiger partial charge in [0, 0.05) is 38.4 Å². The summed E-state index contributed by atoms with van der Waals surface area (Å²) < 4.78 is 28.2. The van der Waals surface area contributed by atoms with Gasteiger partial charge in [0.1, 0.15) is 5.84 Å². The van der Waals surface area contributed by atoms with Gasteiger partial charge in [-0.2, -0.15) is 0 Å². The summed E-state index contributed by atoms with van der Waals surface area (Å²) in [5, 5.41) is 3.71. The average Bonchev–Trinajstić information content (AvgIpc) is 3.14. The fourth-order valence-corrected chi connectivity index (χ4v) is 4.03. The minimum absolute atomic E-state index is 0.241. The fraction of sp³-hybridized carbons (Fsp3) is 0.250. The number of benzene rings is 1. The summed E-state index contributed by atoms with van der Waals surface area (Å²) in [6, 6.07) is 3.63. The van der Waals surface area contributed by atoms with Crippen molar-refractivity contribution >= 4 is 44.1 Å². The zero-order chi connectivity index (χ0) is 21.7. The Hall–Kier alpha value is -2.43. The highest BCUT2D eigenvalue weighted by molar-refractivity contribution is 9.11. The lowest BCUT2D eigenvalue weighted by Crippen LogP contribution is -2.49. The molecule has 1 amide bonds. The van der Waals surface area contributed by atoms with E-state index in [4.69, 9.17) is 0 Å². The normalized spacial score (nSPS) is 15.2. The standard InChI is InChI=1S/C20H20BrF2N5OS/c1-3-17(26-20-24-11-16(21)30-20)25-13(2)12-27-7-9-28(10-8-27)19(29)14-5-4-6-15(22)18(14)23/h3-6,11H,1-2,7-10,12H2,(H,24,25,26). The van der Waals surface area contributed by atoms with Crippen molar-refractivity contribution in [3.05, 3.63) is 70.3 Å². The zero-order valence-electron chi connectivity index (χ0n) is 16.1. The van der Waals surface area contributed by atoms with E-state index in [1.54, 1.807) is 12.3 Å². The van der Waals surface area contributed by atoms with Crippen molar-refractivity contribution < 1.29 is 13.6 Å². The molecule has 2 aromatic rings. The van der Waals surface area contributed by atoms with E-state index in [9.17, 15) is 13.6 Å². The van der Waals surface area contributed by atoms with E-state index in [0.717, 1.165) is 15.5 Å². The number of carbonyl (C=O) groups is 1. The number of nitrogens with zero attached hydrogens (tertiary/aromatic N) is 4. The largest absolute Gasteiger partial charge is 0.343 e. The van der Waals surface area contributed by atoms with Gasteiger partial charge in [-0.1, -0.05) is 30.6 Å². The van der Waals surface area contributed by atoms with E-state index in [2.05, 4.69) is 49.3 Å². The smallest absolute Gasteiger partial charge is 0.257 e. The van der Waals surface area contributed by atoms with Crippen molar-refractivity contribution in [2.75, 3.05) is 32.7 Å². The lowest BCUT2D eigenvalue weighted by atomic mass is 10.1. The number of carbonyl (C=O) groups excluding carboxylic acids is 1. The summed E-state index contributed by atoms with van der Waals surface area (Å²) in [7, 11) is 0. The first-order valence-corrected chi connectivity index (χ1v) is 10.7. The third-order valence-electron chi connectivity index (χ3n) is 4.44. The Balaban J connectivity index is 1.52. The number of rotatable bonds is 6. The third-order valence-corrected chi connectivity index (χ3v) is 5.81. The Morgan fingerprint density at radius 1 is 1.33 bits per heavy atom. The molecule has 0 aliphatic carbocycles. The van der Waals surface area contributed by atoms with Crippen molar-refractivity contribution in [1.29, 1.82) is 0 Å². The molecule has 10 heteroatoms. The molecule has 0 bridgehead atoms. The monoisotopic (exact) mass is 495 g/mol. The van der Waals surface area contributed by atoms with E-state index in [1.807, 2.05) is 0 Å². The Morgan fingerprint density at radius 2 is 2.07 bits per heavy atom. The second kappa shape index (κ2) is 10.1. The van der Waals surface area contributed by atoms with Crippen LogP contribution in [-0.2, 0) is 0 Å². The first-order valence-electron chi connectivity index (χ1n) is 9.10. The number of halogens is 3. The molecule has 1 aromatic heterocycles. The number of piperazine rings is 1. The van der Waals surface area contributed by atoms with Gasteiger partial charge < -0.3 is 10.2 Å². The number of hydrogen-bond donors (Lipinski definition) is 1. The highest BCUT2D eigenvalue weighted by Crippen LogP contribution is 2.25. The highest BCUT2D eigenvalue weighted by atomic mass is 79.9. The Labute approximate surface area is 185 Å². The molecule has 0 radical (unpaired) electrons. The molecule has 1 fully saturated rings. The van der Waals surface area contributed by atoms with Crippen LogP contribution in [0.15, 0.2) is 58.1 Å². The van der Waals surface area contributed by atoms with Crippen LogP contribution in [0.3, 0.4) is 0 Å². The van der Waals surface area contributed by atoms with E-state index >= 15 is 0 Å². The molecule has 1 aliphatic rings. The molecular formula is C20H20BrF2N5OS. The van der Waals surface area contributed by atoms with Crippen molar-refractivity contribution in [2.24, 2.45) is 4.99 Å². The Bertz CT molecular complexity index is 985. The molecule has 0 saturated carbocycles. The molecule has 1 aliphatic heterocycles. The van der Waals surface area contributed by atoms with Crippen LogP contribution in [-0.4, -0.2) is 59.3 Å². The SMILES string of the molecule is C=C/C(=N/c1ncc(Br)s1)NC(=C)CN1CCN(C(=O)c2cccc(F)c2F)CC1. The molecule has 3 rings (SSSR count). The van der Waals surface area contributed by atoms with Crippen molar-refractivity contribution in [3.63, 3.8) is 0 Å². The van der Waals surface area contributed by atoms with Gasteiger partial charge in [0.15, 0.2) is 11.6 Å². The summed E-state index contributed by atoms with van der Waals surface area (Å²) in [4.78, 5) is 24.7. The summed E-state index contributed by atoms with van der Waals surface area (Å²) in [6.45, 7) is 10.3. The predicted molar refractivity (Wildman–Crippen MR) is 118 cm³/mol. The van der Waals surface area contributed by atoms with Gasteiger partial charge in [-0.25, -0.2) is 18.8 Å². The van der Waals surface area contributed by atoms with Crippen molar-refractivity contribution in [1.82, 2.24) is 20.1 Å². The van der Waals surface area contributed by atoms with Gasteiger partial charge in [-0.3, -0.25) is 9.69 Å². The van der Waals surface area contributed by atoms with E-state index < -0.39 is 17.5 Å². The van der Waals surface area contributed by atoms with Crippen LogP contribution in [0.2, 0.25) is 0 Å². The lowest BCUT2D eigenvalue weighted by molar-refractivity contribution is 0.0641. The fourth-order valence-electron chi connectivity index (χ4n) is 2.96. The Morgan fingerprint density at radius 3 is 2.70 bits per heavy atom. The summed E-state index contributed by atoms with van der Waals surface area (Å²) in [5.41, 5.74) is 0.482. The number of nitrogens with one attached hydrogen (secondary N) is 1. The molecule has 1 N–H and O–H groups in total. The zero-order valence-corrected chi connectivity index (χ0v) is 18.5. The summed E-state index contributed by atoms with van der Waals surface area (Å²) in [5.74, 6) is -2.09. The first-order chi connectivity index (χ1) is 14.4. The average molecular weight is 496 g/mol. The molecule has 1 aromatic carbocycles. The number of aliphatic imine (C=N–C) groups is 1. The maximum absolute atomic E-state index is 13.9. The maximum atomic E-state index is 13.9. The van der Waals surface area contributed by atoms with Gasteiger partial charge in [0.25, 0.3) is 5.91 Å². The number of hydrogen-bond acceptors (Lipinski definition) is 5. The second-order valence-electron chi connectivity index (χ2n) is 6.55. The van der Waals surface area contributed by atoms with Crippen molar-refractivity contribution in [3.8, 4) is 0 Å². The molecule has 0 spiro atoms. The van der Waals surface area contributed by atoms with Crippen LogP contribution in [0.1, 0.15) is 10.4 Å². The van der Waals surface area contributed by atoms with Gasteiger partial charge >= 0.3 is 0 Å². The number of thiazole rings is 1. The number of amidine groups is 1. The second-order valence-corrected chi connectivity index (χ2v) is 8.93. The molecule has 1 saturated heterocycles. The maximum Gasteiger partial charge on any atom is 0.257 e. The lowest BCUT2D eigenvalue weighted by Gasteiger charge is -2.35. The van der Waals surface area contributed by atoms with Crippen LogP contribution in [0.5, 0.6) is 0 Å². The molecule has 2 heterocycles. The first kappa shape index (κ1) is 22.3. The number of aromatic nitrogens is 1. The third kappa shape index (κ3) is 5.59. The minimum Gasteiger partial charge on any atom is -0.343 e. The molecular weight excluding hydrogens is 476 g/mol. The van der Waals surface area contributed by atoms with Crippen LogP contribution in [0.4, 0.5) is 13.9 Å². The molecule has 0 unspecified atom stereocenters. The van der Waals surface area contributed by atoms with Crippen LogP contribution in [0, 0.1) is 11.6 Å². The van der Waals surface area contributed by atoms with Crippen LogP contribution < -0.4 is 5.32 Å². The Kier molecular flexibility index (Phi) is 7.46. The van der Waals surface area contributed by atoms with Crippen LogP contribution >= 0.6 is 27.3 Å². The predicted octanol–water partition coefficient (Wildman–Crippen LogP) is 3.96. The van der Waals surface area contributed by atoms with Crippen LogP contribution in [0.25, 0.3) is 0 Å². The molecule has 0 atom stereocenters. The van der Waals surface area contributed by atoms with Crippen molar-refractivity contribution in [2.45, 2.75) is 0 Å². The van der Waals surface area contributed by atoms with E-state index in [0.29, 0.717) is 43.7 Å². The van der Waals surface area contributed by atoms with Gasteiger partial charge in [-0.15, -0.1) is 0 Å². The van der Waals surface area contributed by atoms with E-state index in [1.165, 1.54) is 28.4 Å². The minimum atomic E-state index is -1.11. The van der Waals surface area contributed by atoms with Gasteiger partial charge in [0.05, 0.1) is 15.5 Å². The topological polar surface area (TPSA) is 60.8 Å². The van der Waals surface area contributed by atoms with Gasteiger partial charge in [0.2, 0.25) is 5.13 Å². The highest BCUT2D eigenvalue weighted by Gasteiger charge is 2.25. The number of amides is 1. The summed E-state index contributed by atoms with van der Waals surface area (Å²) in [6.07, 6.45) is 3.26. The van der Waals surface area contributed by atoms with E-state index in [-0.39, 0.29) is 5.56 Å². The molecule has 6 nitrogen and oxygen atoms in total. The molecule has 30 heavy (non-hydrogen) atoms.